The Labute approximate surface area is 114 Å². The molecule has 2 N–H and O–H groups in total. The van der Waals surface area contributed by atoms with E-state index in [1.807, 2.05) is 0 Å². The molecule has 1 aromatic rings. The predicted molar refractivity (Wildman–Crippen MR) is 66.0 cm³/mol. The van der Waals surface area contributed by atoms with Crippen molar-refractivity contribution in [1.82, 2.24) is 0 Å². The number of rotatable bonds is 1. The second-order valence-corrected chi connectivity index (χ2v) is 4.90. The summed E-state index contributed by atoms with van der Waals surface area (Å²) >= 11 is 2.56. The quantitative estimate of drug-likeness (QED) is 0.611. The van der Waals surface area contributed by atoms with E-state index in [9.17, 15) is 22.8 Å². The summed E-state index contributed by atoms with van der Waals surface area (Å²) in [6.07, 6.45) is -4.80. The minimum Gasteiger partial charge on any atom is -0.324 e. The van der Waals surface area contributed by atoms with Crippen LogP contribution in [0, 0.1) is 0 Å². The van der Waals surface area contributed by atoms with Crippen molar-refractivity contribution in [2.24, 2.45) is 0 Å². The first kappa shape index (κ1) is 13.9. The van der Waals surface area contributed by atoms with Gasteiger partial charge in [0.1, 0.15) is 11.2 Å². The lowest BCUT2D eigenvalue weighted by atomic mass is 10.1. The van der Waals surface area contributed by atoms with Crippen LogP contribution in [0.4, 0.5) is 24.5 Å². The Morgan fingerprint density at radius 2 is 1.68 bits per heavy atom. The summed E-state index contributed by atoms with van der Waals surface area (Å²) in [4.78, 5) is 20.8. The predicted octanol–water partition coefficient (Wildman–Crippen LogP) is 2.97. The second-order valence-electron chi connectivity index (χ2n) is 3.98. The fourth-order valence-electron chi connectivity index (χ4n) is 1.66. The van der Waals surface area contributed by atoms with Gasteiger partial charge in [-0.05, 0) is 17.7 Å². The van der Waals surface area contributed by atoms with Gasteiger partial charge in [0.15, 0.2) is 0 Å². The summed E-state index contributed by atoms with van der Waals surface area (Å²) in [6.45, 7) is 0. The maximum absolute atomic E-state index is 12.6. The van der Waals surface area contributed by atoms with Gasteiger partial charge in [0.05, 0.1) is 11.4 Å². The van der Waals surface area contributed by atoms with E-state index in [-0.39, 0.29) is 23.4 Å². The Morgan fingerprint density at radius 3 is 2.26 bits per heavy atom. The average molecular weight is 337 g/mol. The molecular weight excluding hydrogens is 329 g/mol. The van der Waals surface area contributed by atoms with Crippen molar-refractivity contribution in [2.75, 3.05) is 10.6 Å². The summed E-state index contributed by atoms with van der Waals surface area (Å²) < 4.78 is 37.7. The van der Waals surface area contributed by atoms with Crippen molar-refractivity contribution in [3.05, 3.63) is 23.8 Å². The van der Waals surface area contributed by atoms with E-state index in [1.165, 1.54) is 18.2 Å². The zero-order valence-corrected chi connectivity index (χ0v) is 10.9. The molecule has 0 saturated carbocycles. The number of hydrogen-bond donors (Lipinski definition) is 2. The number of carbonyl (C=O) groups excluding carboxylic acids is 2. The summed E-state index contributed by atoms with van der Waals surface area (Å²) in [5, 5.41) is 4.83. The number of fused-ring (bicyclic) bond motifs is 1. The zero-order valence-electron chi connectivity index (χ0n) is 9.34. The molecule has 1 unspecified atom stereocenters. The van der Waals surface area contributed by atoms with E-state index < -0.39 is 22.8 Å². The molecule has 1 aromatic carbocycles. The van der Waals surface area contributed by atoms with Gasteiger partial charge in [-0.3, -0.25) is 9.59 Å². The fraction of sp³-hybridized carbons (Fsp3) is 0.273. The molecule has 1 aliphatic heterocycles. The molecule has 0 aliphatic carbocycles. The lowest BCUT2D eigenvalue weighted by Crippen LogP contribution is -2.16. The Bertz CT molecular complexity index is 545. The minimum absolute atomic E-state index is 0.0531. The smallest absolute Gasteiger partial charge is 0.324 e. The van der Waals surface area contributed by atoms with Gasteiger partial charge in [0.2, 0.25) is 11.8 Å². The standard InChI is InChI=1S/C11H8BrF3N2O2/c12-10(11(13,14)15)5-1-2-6-7(3-5)17-9(19)4-8(18)16-6/h1-3,10H,4H2,(H,16,18)(H,17,19). The van der Waals surface area contributed by atoms with Gasteiger partial charge in [-0.25, -0.2) is 0 Å². The molecular formula is C11H8BrF3N2O2. The molecule has 0 fully saturated rings. The van der Waals surface area contributed by atoms with Crippen molar-refractivity contribution in [3.8, 4) is 0 Å². The highest BCUT2D eigenvalue weighted by Gasteiger charge is 2.39. The molecule has 2 amide bonds. The Morgan fingerprint density at radius 1 is 1.11 bits per heavy atom. The van der Waals surface area contributed by atoms with Crippen molar-refractivity contribution in [1.29, 1.82) is 0 Å². The van der Waals surface area contributed by atoms with Crippen LogP contribution in [0.2, 0.25) is 0 Å². The van der Waals surface area contributed by atoms with Gasteiger partial charge in [-0.1, -0.05) is 22.0 Å². The van der Waals surface area contributed by atoms with Gasteiger partial charge in [0, 0.05) is 0 Å². The van der Waals surface area contributed by atoms with E-state index in [0.29, 0.717) is 0 Å². The first-order valence-corrected chi connectivity index (χ1v) is 6.13. The van der Waals surface area contributed by atoms with Crippen molar-refractivity contribution in [2.45, 2.75) is 17.4 Å². The largest absolute Gasteiger partial charge is 0.405 e. The molecule has 2 rings (SSSR count). The molecule has 0 saturated heterocycles. The molecule has 0 aromatic heterocycles. The molecule has 19 heavy (non-hydrogen) atoms. The number of carbonyl (C=O) groups is 2. The molecule has 1 atom stereocenters. The van der Waals surface area contributed by atoms with Crippen molar-refractivity contribution >= 4 is 39.1 Å². The first-order valence-electron chi connectivity index (χ1n) is 5.22. The second kappa shape index (κ2) is 4.84. The van der Waals surface area contributed by atoms with Crippen LogP contribution in [-0.2, 0) is 9.59 Å². The van der Waals surface area contributed by atoms with Crippen molar-refractivity contribution < 1.29 is 22.8 Å². The van der Waals surface area contributed by atoms with Gasteiger partial charge in [-0.2, -0.15) is 13.2 Å². The number of alkyl halides is 4. The number of hydrogen-bond acceptors (Lipinski definition) is 2. The molecule has 8 heteroatoms. The van der Waals surface area contributed by atoms with Gasteiger partial charge >= 0.3 is 6.18 Å². The molecule has 102 valence electrons. The van der Waals surface area contributed by atoms with Crippen molar-refractivity contribution in [3.63, 3.8) is 0 Å². The number of halogens is 4. The van der Waals surface area contributed by atoms with E-state index in [4.69, 9.17) is 0 Å². The average Bonchev–Trinajstić information content (AvgIpc) is 2.42. The lowest BCUT2D eigenvalue weighted by molar-refractivity contribution is -0.128. The Kier molecular flexibility index (Phi) is 3.53. The summed E-state index contributed by atoms with van der Waals surface area (Å²) in [6, 6.07) is 3.75. The number of anilines is 2. The van der Waals surface area contributed by atoms with E-state index >= 15 is 0 Å². The molecule has 1 aliphatic rings. The minimum atomic E-state index is -4.44. The Hall–Kier alpha value is -1.57. The van der Waals surface area contributed by atoms with Crippen LogP contribution >= 0.6 is 15.9 Å². The van der Waals surface area contributed by atoms with Crippen LogP contribution in [0.15, 0.2) is 18.2 Å². The van der Waals surface area contributed by atoms with Crippen LogP contribution in [-0.4, -0.2) is 18.0 Å². The van der Waals surface area contributed by atoms with Gasteiger partial charge in [-0.15, -0.1) is 0 Å². The number of nitrogens with one attached hydrogen (secondary N) is 2. The van der Waals surface area contributed by atoms with Crippen LogP contribution in [0.1, 0.15) is 16.8 Å². The third kappa shape index (κ3) is 3.06. The van der Waals surface area contributed by atoms with Crippen LogP contribution in [0.5, 0.6) is 0 Å². The Balaban J connectivity index is 2.38. The summed E-state index contributed by atoms with van der Waals surface area (Å²) in [7, 11) is 0. The van der Waals surface area contributed by atoms with Crippen LogP contribution in [0.25, 0.3) is 0 Å². The van der Waals surface area contributed by atoms with E-state index in [2.05, 4.69) is 26.6 Å². The first-order chi connectivity index (χ1) is 8.77. The van der Waals surface area contributed by atoms with Gasteiger partial charge < -0.3 is 10.6 Å². The SMILES string of the molecule is O=C1CC(=O)Nc2cc(C(Br)C(F)(F)F)ccc2N1. The van der Waals surface area contributed by atoms with Crippen LogP contribution < -0.4 is 10.6 Å². The monoisotopic (exact) mass is 336 g/mol. The molecule has 0 bridgehead atoms. The molecule has 0 radical (unpaired) electrons. The highest BCUT2D eigenvalue weighted by atomic mass is 79.9. The highest BCUT2D eigenvalue weighted by Crippen LogP contribution is 2.41. The molecule has 4 nitrogen and oxygen atoms in total. The normalized spacial score (nSPS) is 17.1. The van der Waals surface area contributed by atoms with Crippen LogP contribution in [0.3, 0.4) is 0 Å². The van der Waals surface area contributed by atoms with Gasteiger partial charge in [0.25, 0.3) is 0 Å². The third-order valence-corrected chi connectivity index (χ3v) is 3.54. The topological polar surface area (TPSA) is 58.2 Å². The fourth-order valence-corrected chi connectivity index (χ4v) is 1.94. The molecule has 1 heterocycles. The summed E-state index contributed by atoms with van der Waals surface area (Å²) in [5.74, 6) is -1.07. The van der Waals surface area contributed by atoms with E-state index in [0.717, 1.165) is 0 Å². The maximum atomic E-state index is 12.6. The highest BCUT2D eigenvalue weighted by molar-refractivity contribution is 9.09. The molecule has 0 spiro atoms. The number of amides is 2. The number of benzene rings is 1. The summed E-state index contributed by atoms with van der Waals surface area (Å²) in [5.41, 5.74) is 0.381. The van der Waals surface area contributed by atoms with E-state index in [1.54, 1.807) is 0 Å². The third-order valence-electron chi connectivity index (χ3n) is 2.49. The zero-order chi connectivity index (χ0) is 14.2. The lowest BCUT2D eigenvalue weighted by Gasteiger charge is -2.16. The maximum Gasteiger partial charge on any atom is 0.405 e.